The van der Waals surface area contributed by atoms with E-state index < -0.39 is 20.8 Å². The van der Waals surface area contributed by atoms with Crippen LogP contribution in [0.25, 0.3) is 43.4 Å². The molecule has 0 aliphatic carbocycles. The first-order valence-electron chi connectivity index (χ1n) is 10.3. The monoisotopic (exact) mass is 507 g/mol. The summed E-state index contributed by atoms with van der Waals surface area (Å²) in [4.78, 5) is 0. The van der Waals surface area contributed by atoms with Crippen LogP contribution in [0.15, 0.2) is 84.9 Å². The SMILES string of the molecule is CCCCc1cc2c(-c3c4ccccc4cc4ccccc34)cccc2[cH-]1.[Cl][Zr][Cl]. The average molecular weight is 510 g/mol. The maximum atomic E-state index is 4.93. The third-order valence-corrected chi connectivity index (χ3v) is 5.67. The van der Waals surface area contributed by atoms with E-state index in [4.69, 9.17) is 17.0 Å². The van der Waals surface area contributed by atoms with Gasteiger partial charge in [0.25, 0.3) is 0 Å². The Labute approximate surface area is 196 Å². The van der Waals surface area contributed by atoms with Crippen molar-refractivity contribution in [2.45, 2.75) is 26.2 Å². The van der Waals surface area contributed by atoms with Gasteiger partial charge in [-0.15, -0.1) is 34.5 Å². The topological polar surface area (TPSA) is 0 Å². The molecule has 30 heavy (non-hydrogen) atoms. The fraction of sp³-hybridized carbons (Fsp3) is 0.148. The minimum absolute atomic E-state index is 0.826. The summed E-state index contributed by atoms with van der Waals surface area (Å²) in [6.07, 6.45) is 3.66. The number of aryl methyl sites for hydroxylation is 1. The van der Waals surface area contributed by atoms with Crippen LogP contribution in [-0.2, 0) is 27.3 Å². The number of hydrogen-bond donors (Lipinski definition) is 0. The Hall–Kier alpha value is -1.53. The van der Waals surface area contributed by atoms with Crippen LogP contribution in [0.1, 0.15) is 25.3 Å². The Morgan fingerprint density at radius 1 is 0.767 bits per heavy atom. The zero-order chi connectivity index (χ0) is 20.9. The summed E-state index contributed by atoms with van der Waals surface area (Å²) in [5.74, 6) is 0. The predicted octanol–water partition coefficient (Wildman–Crippen LogP) is 9.25. The van der Waals surface area contributed by atoms with Gasteiger partial charge >= 0.3 is 37.9 Å². The van der Waals surface area contributed by atoms with E-state index in [9.17, 15) is 0 Å². The van der Waals surface area contributed by atoms with Gasteiger partial charge in [-0.25, -0.2) is 0 Å². The quantitative estimate of drug-likeness (QED) is 0.167. The van der Waals surface area contributed by atoms with Crippen LogP contribution in [0, 0.1) is 0 Å². The van der Waals surface area contributed by atoms with Crippen molar-refractivity contribution in [1.82, 2.24) is 0 Å². The van der Waals surface area contributed by atoms with Crippen LogP contribution in [0.3, 0.4) is 0 Å². The zero-order valence-corrected chi connectivity index (χ0v) is 20.9. The van der Waals surface area contributed by atoms with Crippen LogP contribution >= 0.6 is 17.0 Å². The summed E-state index contributed by atoms with van der Waals surface area (Å²) in [7, 11) is 9.87. The fourth-order valence-electron chi connectivity index (χ4n) is 4.34. The molecule has 0 bridgehead atoms. The molecule has 0 aliphatic heterocycles. The van der Waals surface area contributed by atoms with Crippen molar-refractivity contribution in [3.8, 4) is 11.1 Å². The summed E-state index contributed by atoms with van der Waals surface area (Å²) < 4.78 is 0. The van der Waals surface area contributed by atoms with Crippen molar-refractivity contribution in [2.24, 2.45) is 0 Å². The zero-order valence-electron chi connectivity index (χ0n) is 17.0. The molecular weight excluding hydrogens is 486 g/mol. The van der Waals surface area contributed by atoms with E-state index in [-0.39, 0.29) is 0 Å². The number of benzene rings is 4. The Morgan fingerprint density at radius 2 is 1.40 bits per heavy atom. The molecule has 5 aromatic rings. The average Bonchev–Trinajstić information content (AvgIpc) is 3.20. The molecule has 150 valence electrons. The fourth-order valence-corrected chi connectivity index (χ4v) is 4.34. The Morgan fingerprint density at radius 3 is 2.03 bits per heavy atom. The summed E-state index contributed by atoms with van der Waals surface area (Å²) in [6.45, 7) is 2.26. The molecular formula is C27H23Cl2Zr-. The van der Waals surface area contributed by atoms with Gasteiger partial charge in [-0.05, 0) is 39.6 Å². The van der Waals surface area contributed by atoms with Crippen molar-refractivity contribution in [3.05, 3.63) is 90.5 Å². The Balaban J connectivity index is 0.000000687. The van der Waals surface area contributed by atoms with E-state index in [1.165, 1.54) is 68.3 Å². The van der Waals surface area contributed by atoms with Crippen molar-refractivity contribution in [2.75, 3.05) is 0 Å². The molecule has 0 aliphatic rings. The standard InChI is InChI=1S/C27H23.2ClH.Zr/c1-2-3-9-19-16-20-12-8-15-25(26(20)17-19)27-23-13-6-4-10-21(23)18-22-11-5-7-14-24(22)27;;;/h4-8,10-18H,2-3,9H2,1H3;2*1H;/q-1;;;+2/p-2. The molecule has 0 unspecified atom stereocenters. The summed E-state index contributed by atoms with van der Waals surface area (Å²) >= 11 is -0.826. The first kappa shape index (κ1) is 21.7. The van der Waals surface area contributed by atoms with Gasteiger partial charge in [0, 0.05) is 0 Å². The minimum atomic E-state index is -0.826. The molecule has 0 N–H and O–H groups in total. The van der Waals surface area contributed by atoms with E-state index in [1.54, 1.807) is 0 Å². The van der Waals surface area contributed by atoms with Crippen LogP contribution in [-0.4, -0.2) is 0 Å². The van der Waals surface area contributed by atoms with Crippen molar-refractivity contribution >= 4 is 49.3 Å². The second kappa shape index (κ2) is 10.2. The molecule has 0 aromatic heterocycles. The predicted molar refractivity (Wildman–Crippen MR) is 130 cm³/mol. The summed E-state index contributed by atoms with van der Waals surface area (Å²) in [5.41, 5.74) is 4.18. The van der Waals surface area contributed by atoms with Crippen LogP contribution < -0.4 is 0 Å². The van der Waals surface area contributed by atoms with Crippen LogP contribution in [0.4, 0.5) is 0 Å². The van der Waals surface area contributed by atoms with Crippen LogP contribution in [0.5, 0.6) is 0 Å². The molecule has 5 aromatic carbocycles. The molecule has 0 radical (unpaired) electrons. The van der Waals surface area contributed by atoms with Gasteiger partial charge in [-0.3, -0.25) is 0 Å². The summed E-state index contributed by atoms with van der Waals surface area (Å²) in [6, 6.07) is 31.4. The molecule has 0 fully saturated rings. The van der Waals surface area contributed by atoms with Gasteiger partial charge in [-0.1, -0.05) is 79.9 Å². The van der Waals surface area contributed by atoms with E-state index in [1.807, 2.05) is 0 Å². The second-order valence-corrected chi connectivity index (χ2v) is 11.3. The normalized spacial score (nSPS) is 10.9. The molecule has 0 saturated carbocycles. The van der Waals surface area contributed by atoms with E-state index >= 15 is 0 Å². The molecule has 0 spiro atoms. The van der Waals surface area contributed by atoms with E-state index in [0.29, 0.717) is 0 Å². The Bertz CT molecular complexity index is 1230. The molecule has 0 atom stereocenters. The molecule has 3 heteroatoms. The molecule has 0 heterocycles. The number of unbranched alkanes of at least 4 members (excludes halogenated alkanes) is 1. The number of halogens is 2. The first-order chi connectivity index (χ1) is 14.8. The van der Waals surface area contributed by atoms with Gasteiger partial charge in [0.05, 0.1) is 0 Å². The van der Waals surface area contributed by atoms with Crippen molar-refractivity contribution < 1.29 is 20.8 Å². The molecule has 0 amide bonds. The Kier molecular flexibility index (Phi) is 7.37. The van der Waals surface area contributed by atoms with Gasteiger partial charge in [-0.2, -0.15) is 6.07 Å². The molecule has 5 rings (SSSR count). The van der Waals surface area contributed by atoms with E-state index in [2.05, 4.69) is 91.9 Å². The third kappa shape index (κ3) is 4.40. The number of rotatable bonds is 4. The number of hydrogen-bond acceptors (Lipinski definition) is 0. The van der Waals surface area contributed by atoms with Crippen LogP contribution in [0.2, 0.25) is 0 Å². The third-order valence-electron chi connectivity index (χ3n) is 5.67. The number of fused-ring (bicyclic) bond motifs is 3. The first-order valence-corrected chi connectivity index (χ1v) is 16.6. The maximum absolute atomic E-state index is 4.93. The van der Waals surface area contributed by atoms with Gasteiger partial charge in [0.2, 0.25) is 0 Å². The second-order valence-electron chi connectivity index (χ2n) is 7.54. The molecule has 0 saturated heterocycles. The van der Waals surface area contributed by atoms with Gasteiger partial charge in [0.15, 0.2) is 0 Å². The van der Waals surface area contributed by atoms with Crippen molar-refractivity contribution in [1.29, 1.82) is 0 Å². The summed E-state index contributed by atoms with van der Waals surface area (Å²) in [5, 5.41) is 8.02. The van der Waals surface area contributed by atoms with E-state index in [0.717, 1.165) is 0 Å². The van der Waals surface area contributed by atoms with Gasteiger partial charge < -0.3 is 0 Å². The van der Waals surface area contributed by atoms with Gasteiger partial charge in [0.1, 0.15) is 0 Å². The molecule has 0 nitrogen and oxygen atoms in total. The van der Waals surface area contributed by atoms with Crippen molar-refractivity contribution in [3.63, 3.8) is 0 Å².